The molecule has 8 heteroatoms. The van der Waals surface area contributed by atoms with Gasteiger partial charge in [0.25, 0.3) is 0 Å². The van der Waals surface area contributed by atoms with Gasteiger partial charge in [-0.15, -0.1) is 11.8 Å². The number of carbonyl (C=O) groups excluding carboxylic acids is 3. The fraction of sp³-hybridized carbons (Fsp3) is 0.206. The number of ether oxygens (including phenoxy) is 1. The highest BCUT2D eigenvalue weighted by molar-refractivity contribution is 14.1. The highest BCUT2D eigenvalue weighted by atomic mass is 127. The first-order chi connectivity index (χ1) is 20.4. The van der Waals surface area contributed by atoms with E-state index in [-0.39, 0.29) is 24.8 Å². The number of halogens is 1. The summed E-state index contributed by atoms with van der Waals surface area (Å²) in [7, 11) is 0. The summed E-state index contributed by atoms with van der Waals surface area (Å²) >= 11 is 3.51. The minimum absolute atomic E-state index is 0.0607. The molecular formula is C34H31IN2O4S. The highest BCUT2D eigenvalue weighted by Crippen LogP contribution is 2.53. The number of alkyl halides is 1. The van der Waals surface area contributed by atoms with Crippen molar-refractivity contribution in [3.05, 3.63) is 144 Å². The Morgan fingerprint density at radius 3 is 1.71 bits per heavy atom. The number of β-lactam (4-membered cyclic amide) rings is 1. The smallest absolute Gasteiger partial charge is 0.339 e. The molecule has 1 fully saturated rings. The van der Waals surface area contributed by atoms with Gasteiger partial charge in [-0.05, 0) is 22.3 Å². The Bertz CT molecular complexity index is 1430. The van der Waals surface area contributed by atoms with Crippen molar-refractivity contribution in [3.63, 3.8) is 0 Å². The first kappa shape index (κ1) is 29.8. The number of rotatable bonds is 11. The number of esters is 1. The molecule has 1 aliphatic rings. The van der Waals surface area contributed by atoms with Crippen LogP contribution in [-0.2, 0) is 30.5 Å². The molecule has 2 unspecified atom stereocenters. The molecule has 1 heterocycles. The third-order valence-corrected chi connectivity index (χ3v) is 10.2. The molecule has 1 aliphatic heterocycles. The van der Waals surface area contributed by atoms with Crippen LogP contribution < -0.4 is 5.32 Å². The van der Waals surface area contributed by atoms with Crippen LogP contribution in [0.1, 0.15) is 35.6 Å². The first-order valence-electron chi connectivity index (χ1n) is 13.6. The number of thioether (sulfide) groups is 1. The van der Waals surface area contributed by atoms with E-state index in [4.69, 9.17) is 4.74 Å². The number of likely N-dealkylation sites (tertiary alicyclic amines) is 1. The lowest BCUT2D eigenvalue weighted by Crippen LogP contribution is -2.76. The van der Waals surface area contributed by atoms with E-state index in [2.05, 4.69) is 27.9 Å². The number of benzene rings is 4. The van der Waals surface area contributed by atoms with E-state index >= 15 is 0 Å². The van der Waals surface area contributed by atoms with Gasteiger partial charge < -0.3 is 10.1 Å². The second kappa shape index (κ2) is 13.1. The zero-order chi connectivity index (χ0) is 29.6. The summed E-state index contributed by atoms with van der Waals surface area (Å²) in [5, 5.41) is 1.90. The predicted octanol–water partition coefficient (Wildman–Crippen LogP) is 6.28. The van der Waals surface area contributed by atoms with Crippen LogP contribution in [0, 0.1) is 0 Å². The van der Waals surface area contributed by atoms with Crippen LogP contribution >= 0.6 is 34.4 Å². The minimum atomic E-state index is -1.07. The Hall–Kier alpha value is -3.63. The van der Waals surface area contributed by atoms with Gasteiger partial charge in [0, 0.05) is 11.4 Å². The van der Waals surface area contributed by atoms with Crippen molar-refractivity contribution >= 4 is 52.1 Å². The van der Waals surface area contributed by atoms with E-state index in [0.29, 0.717) is 4.43 Å². The van der Waals surface area contributed by atoms with E-state index in [0.717, 1.165) is 22.3 Å². The van der Waals surface area contributed by atoms with Crippen LogP contribution in [0.3, 0.4) is 0 Å². The fourth-order valence-electron chi connectivity index (χ4n) is 5.40. The van der Waals surface area contributed by atoms with Crippen LogP contribution in [0.4, 0.5) is 0 Å². The summed E-state index contributed by atoms with van der Waals surface area (Å²) in [6.07, 6.45) is 0.105. The van der Waals surface area contributed by atoms with E-state index in [1.54, 1.807) is 0 Å². The van der Waals surface area contributed by atoms with Crippen molar-refractivity contribution in [2.45, 2.75) is 35.7 Å². The zero-order valence-electron chi connectivity index (χ0n) is 23.1. The van der Waals surface area contributed by atoms with Gasteiger partial charge in [0.15, 0.2) is 5.37 Å². The summed E-state index contributed by atoms with van der Waals surface area (Å²) in [5.74, 6) is -1.05. The molecule has 4 aromatic rings. The molecule has 1 saturated heterocycles. The lowest BCUT2D eigenvalue weighted by atomic mass is 9.84. The standard InChI is InChI=1S/C34H31IN2O4S/c1-25(38)36-33(24-35)22-30(39)37(33)31(32(40)41-23-26-14-6-2-7-15-26)42-34(27-16-8-3-9-17-27,28-18-10-4-11-19-28)29-20-12-5-13-21-29/h2-21,31H,22-24H2,1H3,(H,36,38). The Labute approximate surface area is 264 Å². The Morgan fingerprint density at radius 1 is 0.857 bits per heavy atom. The number of carbonyl (C=O) groups is 3. The van der Waals surface area contributed by atoms with Gasteiger partial charge in [0.05, 0.1) is 11.2 Å². The monoisotopic (exact) mass is 690 g/mol. The second-order valence-electron chi connectivity index (χ2n) is 10.1. The van der Waals surface area contributed by atoms with E-state index in [9.17, 15) is 14.4 Å². The Balaban J connectivity index is 1.67. The fourth-order valence-corrected chi connectivity index (χ4v) is 7.96. The first-order valence-corrected chi connectivity index (χ1v) is 16.0. The van der Waals surface area contributed by atoms with E-state index < -0.39 is 21.8 Å². The summed E-state index contributed by atoms with van der Waals surface area (Å²) in [6, 6.07) is 39.4. The van der Waals surface area contributed by atoms with Gasteiger partial charge in [0.2, 0.25) is 11.8 Å². The summed E-state index contributed by atoms with van der Waals surface area (Å²) in [4.78, 5) is 41.5. The van der Waals surface area contributed by atoms with Crippen LogP contribution in [0.25, 0.3) is 0 Å². The number of amides is 2. The number of nitrogens with one attached hydrogen (secondary N) is 1. The normalized spacial score (nSPS) is 17.2. The molecule has 0 radical (unpaired) electrons. The van der Waals surface area contributed by atoms with Crippen LogP contribution in [-0.4, -0.2) is 38.1 Å². The van der Waals surface area contributed by atoms with E-state index in [1.807, 2.05) is 121 Å². The van der Waals surface area contributed by atoms with Crippen LogP contribution in [0.5, 0.6) is 0 Å². The molecule has 5 rings (SSSR count). The van der Waals surface area contributed by atoms with Crippen molar-refractivity contribution in [2.75, 3.05) is 4.43 Å². The number of hydrogen-bond donors (Lipinski definition) is 1. The lowest BCUT2D eigenvalue weighted by Gasteiger charge is -2.54. The van der Waals surface area contributed by atoms with Gasteiger partial charge in [-0.1, -0.05) is 144 Å². The largest absolute Gasteiger partial charge is 0.459 e. The molecule has 0 aliphatic carbocycles. The molecule has 214 valence electrons. The summed E-state index contributed by atoms with van der Waals surface area (Å²) in [5.41, 5.74) is 2.66. The average molecular weight is 691 g/mol. The Morgan fingerprint density at radius 2 is 1.31 bits per heavy atom. The molecule has 0 spiro atoms. The van der Waals surface area contributed by atoms with E-state index in [1.165, 1.54) is 23.6 Å². The minimum Gasteiger partial charge on any atom is -0.459 e. The third kappa shape index (κ3) is 5.96. The maximum Gasteiger partial charge on any atom is 0.339 e. The molecule has 42 heavy (non-hydrogen) atoms. The third-order valence-electron chi connectivity index (χ3n) is 7.29. The van der Waals surface area contributed by atoms with Gasteiger partial charge in [0.1, 0.15) is 12.3 Å². The topological polar surface area (TPSA) is 75.7 Å². The second-order valence-corrected chi connectivity index (χ2v) is 12.2. The predicted molar refractivity (Wildman–Crippen MR) is 174 cm³/mol. The maximum atomic E-state index is 14.2. The summed E-state index contributed by atoms with van der Waals surface area (Å²) in [6.45, 7) is 1.48. The van der Waals surface area contributed by atoms with Gasteiger partial charge in [-0.3, -0.25) is 14.5 Å². The van der Waals surface area contributed by atoms with Crippen molar-refractivity contribution in [1.82, 2.24) is 10.2 Å². The SMILES string of the molecule is CC(=O)NC1(CI)CC(=O)N1C(SC(c1ccccc1)(c1ccccc1)c1ccccc1)C(=O)OCc1ccccc1. The van der Waals surface area contributed by atoms with Crippen molar-refractivity contribution in [1.29, 1.82) is 0 Å². The molecular weight excluding hydrogens is 659 g/mol. The van der Waals surface area contributed by atoms with Crippen LogP contribution in [0.2, 0.25) is 0 Å². The van der Waals surface area contributed by atoms with Gasteiger partial charge in [-0.25, -0.2) is 4.79 Å². The quantitative estimate of drug-likeness (QED) is 0.0660. The Kier molecular flexibility index (Phi) is 9.33. The average Bonchev–Trinajstić information content (AvgIpc) is 3.03. The molecule has 1 N–H and O–H groups in total. The van der Waals surface area contributed by atoms with Gasteiger partial charge in [-0.2, -0.15) is 0 Å². The number of nitrogens with zero attached hydrogens (tertiary/aromatic N) is 1. The van der Waals surface area contributed by atoms with Gasteiger partial charge >= 0.3 is 5.97 Å². The van der Waals surface area contributed by atoms with Crippen molar-refractivity contribution < 1.29 is 19.1 Å². The van der Waals surface area contributed by atoms with Crippen molar-refractivity contribution in [2.24, 2.45) is 0 Å². The lowest BCUT2D eigenvalue weighted by molar-refractivity contribution is -0.171. The molecule has 0 saturated carbocycles. The molecule has 6 nitrogen and oxygen atoms in total. The maximum absolute atomic E-state index is 14.2. The summed E-state index contributed by atoms with van der Waals surface area (Å²) < 4.78 is 5.43. The molecule has 4 aromatic carbocycles. The number of hydrogen-bond acceptors (Lipinski definition) is 5. The van der Waals surface area contributed by atoms with Crippen LogP contribution in [0.15, 0.2) is 121 Å². The molecule has 2 atom stereocenters. The van der Waals surface area contributed by atoms with Crippen molar-refractivity contribution in [3.8, 4) is 0 Å². The highest BCUT2D eigenvalue weighted by Gasteiger charge is 2.58. The molecule has 0 aromatic heterocycles. The zero-order valence-corrected chi connectivity index (χ0v) is 26.1. The molecule has 2 amide bonds. The molecule has 0 bridgehead atoms.